The number of nitrogens with zero attached hydrogens (tertiary/aromatic N) is 3. The van der Waals surface area contributed by atoms with Crippen molar-refractivity contribution in [2.24, 2.45) is 11.8 Å². The summed E-state index contributed by atoms with van der Waals surface area (Å²) in [5, 5.41) is 4.59. The number of hydrogen-bond donors (Lipinski definition) is 0. The maximum atomic E-state index is 13.4. The summed E-state index contributed by atoms with van der Waals surface area (Å²) in [5.41, 5.74) is 1.37. The van der Waals surface area contributed by atoms with Crippen LogP contribution in [0, 0.1) is 11.8 Å². The van der Waals surface area contributed by atoms with Gasteiger partial charge in [0.15, 0.2) is 0 Å². The maximum absolute atomic E-state index is 13.4. The Morgan fingerprint density at radius 2 is 1.68 bits per heavy atom. The SMILES string of the molecule is CC1CC(C)CN(S(=O)(=O)c2cn(C(C)C)nc2-c2ccccc2)C1. The van der Waals surface area contributed by atoms with Crippen LogP contribution in [0.2, 0.25) is 0 Å². The fraction of sp³-hybridized carbons (Fsp3) is 0.526. The minimum absolute atomic E-state index is 0.102. The van der Waals surface area contributed by atoms with Crippen LogP contribution in [0.5, 0.6) is 0 Å². The second-order valence-corrected chi connectivity index (χ2v) is 9.46. The highest BCUT2D eigenvalue weighted by molar-refractivity contribution is 7.89. The average Bonchev–Trinajstić information content (AvgIpc) is 3.01. The molecule has 0 bridgehead atoms. The first kappa shape index (κ1) is 18.1. The summed E-state index contributed by atoms with van der Waals surface area (Å²) >= 11 is 0. The third-order valence-electron chi connectivity index (χ3n) is 4.73. The number of rotatable bonds is 4. The van der Waals surface area contributed by atoms with Gasteiger partial charge < -0.3 is 0 Å². The van der Waals surface area contributed by atoms with Gasteiger partial charge in [-0.15, -0.1) is 0 Å². The monoisotopic (exact) mass is 361 g/mol. The van der Waals surface area contributed by atoms with Crippen molar-refractivity contribution in [2.45, 2.75) is 45.1 Å². The molecule has 0 aliphatic carbocycles. The van der Waals surface area contributed by atoms with Gasteiger partial charge in [-0.2, -0.15) is 9.40 Å². The van der Waals surface area contributed by atoms with E-state index in [9.17, 15) is 8.42 Å². The number of sulfonamides is 1. The summed E-state index contributed by atoms with van der Waals surface area (Å²) in [6.45, 7) is 9.40. The lowest BCUT2D eigenvalue weighted by molar-refractivity contribution is 0.222. The summed E-state index contributed by atoms with van der Waals surface area (Å²) in [6, 6.07) is 9.66. The van der Waals surface area contributed by atoms with E-state index in [1.165, 1.54) is 0 Å². The maximum Gasteiger partial charge on any atom is 0.246 e. The van der Waals surface area contributed by atoms with Gasteiger partial charge in [0.05, 0.1) is 0 Å². The van der Waals surface area contributed by atoms with Crippen molar-refractivity contribution in [1.82, 2.24) is 14.1 Å². The molecule has 6 heteroatoms. The molecule has 1 aliphatic heterocycles. The number of hydrogen-bond acceptors (Lipinski definition) is 3. The van der Waals surface area contributed by atoms with Crippen LogP contribution in [0.1, 0.15) is 40.2 Å². The van der Waals surface area contributed by atoms with Crippen LogP contribution in [-0.2, 0) is 10.0 Å². The Balaban J connectivity index is 2.09. The number of piperidine rings is 1. The molecule has 136 valence electrons. The molecular formula is C19H27N3O2S. The zero-order valence-electron chi connectivity index (χ0n) is 15.4. The highest BCUT2D eigenvalue weighted by Crippen LogP contribution is 2.32. The Morgan fingerprint density at radius 1 is 1.08 bits per heavy atom. The van der Waals surface area contributed by atoms with Crippen LogP contribution < -0.4 is 0 Å². The smallest absolute Gasteiger partial charge is 0.246 e. The summed E-state index contributed by atoms with van der Waals surface area (Å²) < 4.78 is 30.1. The van der Waals surface area contributed by atoms with Crippen LogP contribution in [0.15, 0.2) is 41.4 Å². The van der Waals surface area contributed by atoms with Gasteiger partial charge in [0, 0.05) is 30.9 Å². The van der Waals surface area contributed by atoms with Crippen molar-refractivity contribution < 1.29 is 8.42 Å². The van der Waals surface area contributed by atoms with Crippen molar-refractivity contribution >= 4 is 10.0 Å². The van der Waals surface area contributed by atoms with E-state index in [1.54, 1.807) is 15.2 Å². The molecule has 1 aromatic heterocycles. The van der Waals surface area contributed by atoms with Gasteiger partial charge in [-0.1, -0.05) is 44.2 Å². The van der Waals surface area contributed by atoms with Crippen molar-refractivity contribution in [2.75, 3.05) is 13.1 Å². The van der Waals surface area contributed by atoms with E-state index in [0.29, 0.717) is 35.5 Å². The quantitative estimate of drug-likeness (QED) is 0.832. The third-order valence-corrected chi connectivity index (χ3v) is 6.56. The second-order valence-electron chi connectivity index (χ2n) is 7.55. The number of benzene rings is 1. The molecule has 0 amide bonds. The Bertz CT molecular complexity index is 818. The van der Waals surface area contributed by atoms with Crippen molar-refractivity contribution in [3.63, 3.8) is 0 Å². The molecule has 25 heavy (non-hydrogen) atoms. The molecule has 2 unspecified atom stereocenters. The zero-order valence-corrected chi connectivity index (χ0v) is 16.2. The average molecular weight is 362 g/mol. The minimum atomic E-state index is -3.57. The van der Waals surface area contributed by atoms with Crippen LogP contribution in [0.4, 0.5) is 0 Å². The molecule has 1 saturated heterocycles. The number of aromatic nitrogens is 2. The highest BCUT2D eigenvalue weighted by atomic mass is 32.2. The van der Waals surface area contributed by atoms with Crippen LogP contribution in [0.3, 0.4) is 0 Å². The molecule has 0 spiro atoms. The molecule has 2 aromatic rings. The fourth-order valence-electron chi connectivity index (χ4n) is 3.57. The van der Waals surface area contributed by atoms with Crippen LogP contribution in [-0.4, -0.2) is 35.6 Å². The Kier molecular flexibility index (Phi) is 5.02. The van der Waals surface area contributed by atoms with Crippen LogP contribution >= 0.6 is 0 Å². The van der Waals surface area contributed by atoms with E-state index in [0.717, 1.165) is 12.0 Å². The molecule has 1 aromatic carbocycles. The standard InChI is InChI=1S/C19H27N3O2S/c1-14(2)22-13-18(19(20-22)17-8-6-5-7-9-17)25(23,24)21-11-15(3)10-16(4)12-21/h5-9,13-16H,10-12H2,1-4H3. The molecular weight excluding hydrogens is 334 g/mol. The van der Waals surface area contributed by atoms with E-state index >= 15 is 0 Å². The third kappa shape index (κ3) is 3.65. The molecule has 5 nitrogen and oxygen atoms in total. The molecule has 0 N–H and O–H groups in total. The summed E-state index contributed by atoms with van der Waals surface area (Å²) in [6.07, 6.45) is 2.76. The minimum Gasteiger partial charge on any atom is -0.268 e. The normalized spacial score (nSPS) is 22.4. The predicted octanol–water partition coefficient (Wildman–Crippen LogP) is 3.80. The van der Waals surface area contributed by atoms with Gasteiger partial charge in [0.1, 0.15) is 10.6 Å². The second kappa shape index (κ2) is 6.92. The van der Waals surface area contributed by atoms with Crippen molar-refractivity contribution in [3.8, 4) is 11.3 Å². The lowest BCUT2D eigenvalue weighted by atomic mass is 9.94. The molecule has 1 aliphatic rings. The molecule has 2 atom stereocenters. The first-order chi connectivity index (χ1) is 11.8. The molecule has 3 rings (SSSR count). The lowest BCUT2D eigenvalue weighted by Gasteiger charge is -2.33. The topological polar surface area (TPSA) is 55.2 Å². The first-order valence-electron chi connectivity index (χ1n) is 8.93. The van der Waals surface area contributed by atoms with Gasteiger partial charge in [-0.3, -0.25) is 4.68 Å². The Morgan fingerprint density at radius 3 is 2.24 bits per heavy atom. The molecule has 2 heterocycles. The Hall–Kier alpha value is -1.66. The van der Waals surface area contributed by atoms with Gasteiger partial charge in [0.2, 0.25) is 10.0 Å². The molecule has 0 saturated carbocycles. The summed E-state index contributed by atoms with van der Waals surface area (Å²) in [5.74, 6) is 0.748. The molecule has 1 fully saturated rings. The summed E-state index contributed by atoms with van der Waals surface area (Å²) in [4.78, 5) is 0.314. The first-order valence-corrected chi connectivity index (χ1v) is 10.4. The van der Waals surface area contributed by atoms with E-state index in [2.05, 4.69) is 18.9 Å². The van der Waals surface area contributed by atoms with Gasteiger partial charge >= 0.3 is 0 Å². The van der Waals surface area contributed by atoms with Crippen molar-refractivity contribution in [1.29, 1.82) is 0 Å². The lowest BCUT2D eigenvalue weighted by Crippen LogP contribution is -2.42. The van der Waals surface area contributed by atoms with Crippen LogP contribution in [0.25, 0.3) is 11.3 Å². The van der Waals surface area contributed by atoms with Gasteiger partial charge in [-0.25, -0.2) is 8.42 Å². The largest absolute Gasteiger partial charge is 0.268 e. The molecule has 0 radical (unpaired) electrons. The van der Waals surface area contributed by atoms with E-state index in [4.69, 9.17) is 0 Å². The van der Waals surface area contributed by atoms with E-state index in [1.807, 2.05) is 44.2 Å². The fourth-order valence-corrected chi connectivity index (χ4v) is 5.39. The van der Waals surface area contributed by atoms with E-state index in [-0.39, 0.29) is 6.04 Å². The van der Waals surface area contributed by atoms with Crippen molar-refractivity contribution in [3.05, 3.63) is 36.5 Å². The predicted molar refractivity (Wildman–Crippen MR) is 99.8 cm³/mol. The highest BCUT2D eigenvalue weighted by Gasteiger charge is 2.35. The summed E-state index contributed by atoms with van der Waals surface area (Å²) in [7, 11) is -3.57. The van der Waals surface area contributed by atoms with Gasteiger partial charge in [0.25, 0.3) is 0 Å². The van der Waals surface area contributed by atoms with E-state index < -0.39 is 10.0 Å². The zero-order chi connectivity index (χ0) is 18.2. The van der Waals surface area contributed by atoms with Gasteiger partial charge in [-0.05, 0) is 32.1 Å². The Labute approximate surface area is 150 Å².